The number of hydrogen-bond donors (Lipinski definition) is 0. The van der Waals surface area contributed by atoms with Gasteiger partial charge in [-0.2, -0.15) is 0 Å². The summed E-state index contributed by atoms with van der Waals surface area (Å²) in [6, 6.07) is 52.3. The summed E-state index contributed by atoms with van der Waals surface area (Å²) in [6.45, 7) is 0. The van der Waals surface area contributed by atoms with Gasteiger partial charge in [-0.3, -0.25) is 0 Å². The number of thiophene rings is 1. The van der Waals surface area contributed by atoms with Crippen LogP contribution in [0.2, 0.25) is 0 Å². The molecule has 0 aliphatic rings. The minimum atomic E-state index is 1.15. The summed E-state index contributed by atoms with van der Waals surface area (Å²) >= 11 is 1.88. The molecular formula is C36H24N2S. The summed E-state index contributed by atoms with van der Waals surface area (Å²) in [6.07, 6.45) is 0. The van der Waals surface area contributed by atoms with Crippen molar-refractivity contribution >= 4 is 70.4 Å². The van der Waals surface area contributed by atoms with Crippen LogP contribution in [0.1, 0.15) is 0 Å². The largest absolute Gasteiger partial charge is 0.310 e. The van der Waals surface area contributed by atoms with E-state index in [2.05, 4.69) is 155 Å². The highest BCUT2D eigenvalue weighted by Crippen LogP contribution is 2.43. The van der Waals surface area contributed by atoms with Gasteiger partial charge in [0.05, 0.1) is 21.4 Å². The summed E-state index contributed by atoms with van der Waals surface area (Å²) in [5.74, 6) is 0. The first-order chi connectivity index (χ1) is 19.4. The molecule has 0 fully saturated rings. The summed E-state index contributed by atoms with van der Waals surface area (Å²) in [4.78, 5) is 2.33. The Morgan fingerprint density at radius 3 is 1.64 bits per heavy atom. The first-order valence-electron chi connectivity index (χ1n) is 13.2. The number of aromatic nitrogens is 1. The molecule has 0 bridgehead atoms. The van der Waals surface area contributed by atoms with Crippen LogP contribution in [-0.2, 0) is 0 Å². The monoisotopic (exact) mass is 516 g/mol. The van der Waals surface area contributed by atoms with Crippen LogP contribution >= 0.6 is 11.3 Å². The second-order valence-electron chi connectivity index (χ2n) is 9.81. The molecule has 0 radical (unpaired) electrons. The molecule has 0 saturated carbocycles. The molecule has 8 rings (SSSR count). The molecule has 6 aromatic carbocycles. The Labute approximate surface area is 230 Å². The van der Waals surface area contributed by atoms with Crippen molar-refractivity contribution in [3.8, 4) is 5.69 Å². The molecule has 2 aromatic heterocycles. The Morgan fingerprint density at radius 1 is 0.436 bits per heavy atom. The van der Waals surface area contributed by atoms with Gasteiger partial charge in [-0.1, -0.05) is 84.9 Å². The maximum atomic E-state index is 2.43. The lowest BCUT2D eigenvalue weighted by Crippen LogP contribution is -2.09. The highest BCUT2D eigenvalue weighted by atomic mass is 32.1. The van der Waals surface area contributed by atoms with E-state index in [0.717, 1.165) is 17.1 Å². The standard InChI is InChI=1S/C36H24N2S/c1-3-12-25(13-4-1)37(26-14-5-2-6-15-26)27-22-23-35-31(24-27)30-18-11-21-34(36(30)39-35)38-32-19-9-7-16-28(32)29-17-8-10-20-33(29)38/h1-24H. The molecule has 39 heavy (non-hydrogen) atoms. The smallest absolute Gasteiger partial charge is 0.0640 e. The Balaban J connectivity index is 1.38. The molecular weight excluding hydrogens is 492 g/mol. The van der Waals surface area contributed by atoms with Crippen molar-refractivity contribution in [1.82, 2.24) is 4.57 Å². The summed E-state index contributed by atoms with van der Waals surface area (Å²) in [5.41, 5.74) is 7.16. The third-order valence-corrected chi connectivity index (χ3v) is 8.78. The van der Waals surface area contributed by atoms with Crippen molar-refractivity contribution in [3.05, 3.63) is 146 Å². The fourth-order valence-electron chi connectivity index (χ4n) is 5.87. The molecule has 2 heterocycles. The van der Waals surface area contributed by atoms with Crippen LogP contribution in [0.4, 0.5) is 17.1 Å². The predicted molar refractivity (Wildman–Crippen MR) is 168 cm³/mol. The minimum absolute atomic E-state index is 1.15. The van der Waals surface area contributed by atoms with E-state index >= 15 is 0 Å². The van der Waals surface area contributed by atoms with E-state index in [-0.39, 0.29) is 0 Å². The number of anilines is 3. The van der Waals surface area contributed by atoms with Crippen LogP contribution in [-0.4, -0.2) is 4.57 Å². The molecule has 0 unspecified atom stereocenters. The Kier molecular flexibility index (Phi) is 5.04. The number of fused-ring (bicyclic) bond motifs is 6. The fourth-order valence-corrected chi connectivity index (χ4v) is 7.06. The van der Waals surface area contributed by atoms with Crippen LogP contribution in [0.3, 0.4) is 0 Å². The Bertz CT molecular complexity index is 2030. The van der Waals surface area contributed by atoms with E-state index in [1.165, 1.54) is 47.7 Å². The quantitative estimate of drug-likeness (QED) is 0.226. The average Bonchev–Trinajstić information content (AvgIpc) is 3.54. The van der Waals surface area contributed by atoms with Gasteiger partial charge in [-0.15, -0.1) is 11.3 Å². The van der Waals surface area contributed by atoms with Crippen LogP contribution in [0.15, 0.2) is 146 Å². The van der Waals surface area contributed by atoms with Crippen molar-refractivity contribution in [2.75, 3.05) is 4.90 Å². The maximum absolute atomic E-state index is 2.43. The zero-order valence-electron chi connectivity index (χ0n) is 21.2. The van der Waals surface area contributed by atoms with E-state index in [1.54, 1.807) is 0 Å². The van der Waals surface area contributed by atoms with Crippen molar-refractivity contribution in [2.45, 2.75) is 0 Å². The molecule has 0 amide bonds. The lowest BCUT2D eigenvalue weighted by atomic mass is 10.1. The molecule has 8 aromatic rings. The van der Waals surface area contributed by atoms with Gasteiger partial charge in [-0.25, -0.2) is 0 Å². The van der Waals surface area contributed by atoms with E-state index in [9.17, 15) is 0 Å². The van der Waals surface area contributed by atoms with Gasteiger partial charge in [0.15, 0.2) is 0 Å². The third-order valence-electron chi connectivity index (χ3n) is 7.57. The second kappa shape index (κ2) is 8.87. The van der Waals surface area contributed by atoms with E-state index < -0.39 is 0 Å². The molecule has 184 valence electrons. The normalized spacial score (nSPS) is 11.6. The molecule has 0 saturated heterocycles. The SMILES string of the molecule is c1ccc(N(c2ccccc2)c2ccc3sc4c(-n5c6ccccc6c6ccccc65)cccc4c3c2)cc1. The molecule has 0 spiro atoms. The zero-order valence-corrected chi connectivity index (χ0v) is 22.0. The van der Waals surface area contributed by atoms with Crippen LogP contribution < -0.4 is 4.90 Å². The van der Waals surface area contributed by atoms with Gasteiger partial charge >= 0.3 is 0 Å². The Hall–Kier alpha value is -4.86. The van der Waals surface area contributed by atoms with Crippen LogP contribution in [0, 0.1) is 0 Å². The van der Waals surface area contributed by atoms with Gasteiger partial charge < -0.3 is 9.47 Å². The van der Waals surface area contributed by atoms with Gasteiger partial charge in [-0.05, 0) is 60.7 Å². The van der Waals surface area contributed by atoms with Crippen molar-refractivity contribution in [3.63, 3.8) is 0 Å². The fraction of sp³-hybridized carbons (Fsp3) is 0. The molecule has 0 aliphatic heterocycles. The molecule has 3 heteroatoms. The lowest BCUT2D eigenvalue weighted by Gasteiger charge is -2.25. The van der Waals surface area contributed by atoms with Gasteiger partial charge in [0.25, 0.3) is 0 Å². The van der Waals surface area contributed by atoms with E-state index in [1.807, 2.05) is 11.3 Å². The van der Waals surface area contributed by atoms with E-state index in [4.69, 9.17) is 0 Å². The van der Waals surface area contributed by atoms with Crippen molar-refractivity contribution < 1.29 is 0 Å². The predicted octanol–water partition coefficient (Wildman–Crippen LogP) is 10.6. The highest BCUT2D eigenvalue weighted by molar-refractivity contribution is 7.26. The summed E-state index contributed by atoms with van der Waals surface area (Å²) in [7, 11) is 0. The maximum Gasteiger partial charge on any atom is 0.0640 e. The first kappa shape index (κ1) is 22.2. The minimum Gasteiger partial charge on any atom is -0.310 e. The number of benzene rings is 6. The third kappa shape index (κ3) is 3.48. The summed E-state index contributed by atoms with van der Waals surface area (Å²) in [5, 5.41) is 5.15. The number of rotatable bonds is 4. The van der Waals surface area contributed by atoms with Crippen LogP contribution in [0.25, 0.3) is 47.7 Å². The Morgan fingerprint density at radius 2 is 1.00 bits per heavy atom. The van der Waals surface area contributed by atoms with Crippen molar-refractivity contribution in [2.24, 2.45) is 0 Å². The molecule has 0 aliphatic carbocycles. The average molecular weight is 517 g/mol. The molecule has 0 atom stereocenters. The van der Waals surface area contributed by atoms with Gasteiger partial charge in [0.2, 0.25) is 0 Å². The first-order valence-corrected chi connectivity index (χ1v) is 14.0. The van der Waals surface area contributed by atoms with Gasteiger partial charge in [0.1, 0.15) is 0 Å². The second-order valence-corrected chi connectivity index (χ2v) is 10.9. The number of hydrogen-bond acceptors (Lipinski definition) is 2. The van der Waals surface area contributed by atoms with E-state index in [0.29, 0.717) is 0 Å². The van der Waals surface area contributed by atoms with Gasteiger partial charge in [0, 0.05) is 43.3 Å². The molecule has 0 N–H and O–H groups in total. The lowest BCUT2D eigenvalue weighted by molar-refractivity contribution is 1.20. The highest BCUT2D eigenvalue weighted by Gasteiger charge is 2.18. The zero-order chi connectivity index (χ0) is 25.8. The van der Waals surface area contributed by atoms with Crippen LogP contribution in [0.5, 0.6) is 0 Å². The van der Waals surface area contributed by atoms with Crippen molar-refractivity contribution in [1.29, 1.82) is 0 Å². The molecule has 2 nitrogen and oxygen atoms in total. The number of nitrogens with zero attached hydrogens (tertiary/aromatic N) is 2. The summed E-state index contributed by atoms with van der Waals surface area (Å²) < 4.78 is 5.04. The number of para-hydroxylation sites is 4. The topological polar surface area (TPSA) is 8.17 Å².